The number of hydrogen-bond acceptors (Lipinski definition) is 11. The fraction of sp³-hybridized carbons (Fsp3) is 0.588. The molecule has 0 aliphatic carbocycles. The van der Waals surface area contributed by atoms with E-state index in [1.807, 2.05) is 0 Å². The summed E-state index contributed by atoms with van der Waals surface area (Å²) in [7, 11) is 2.86. The molecule has 0 unspecified atom stereocenters. The molecular weight excluding hydrogens is 392 g/mol. The molecule has 4 atom stereocenters. The number of ether oxygens (including phenoxy) is 5. The van der Waals surface area contributed by atoms with Crippen LogP contribution in [0.15, 0.2) is 6.20 Å². The van der Waals surface area contributed by atoms with Crippen LogP contribution in [-0.2, 0) is 28.6 Å². The van der Waals surface area contributed by atoms with Crippen molar-refractivity contribution in [3.8, 4) is 11.9 Å². The van der Waals surface area contributed by atoms with Crippen molar-refractivity contribution in [3.63, 3.8) is 0 Å². The molecule has 0 N–H and O–H groups in total. The topological polar surface area (TPSA) is 123 Å². The van der Waals surface area contributed by atoms with E-state index in [1.165, 1.54) is 52.9 Å². The van der Waals surface area contributed by atoms with Crippen molar-refractivity contribution < 1.29 is 38.1 Å². The summed E-state index contributed by atoms with van der Waals surface area (Å²) in [5.74, 6) is -1.33. The van der Waals surface area contributed by atoms with Gasteiger partial charge in [0.25, 0.3) is 0 Å². The first-order valence-corrected chi connectivity index (χ1v) is 9.29. The van der Waals surface area contributed by atoms with Gasteiger partial charge in [-0.2, -0.15) is 4.98 Å². The standard InChI is InChI=1S/C17H22N2O8S/c1-8(20)25-7-12-13(26-9(2)21)14(27-10(3)22)15(28-12)11-6-18-17(24-5)19-16(11)23-4/h6,12-15H,7H2,1-5H3/t12-,13-,14-,15+/m1/s1. The highest BCUT2D eigenvalue weighted by Crippen LogP contribution is 2.50. The van der Waals surface area contributed by atoms with Gasteiger partial charge in [0.1, 0.15) is 6.61 Å². The Morgan fingerprint density at radius 3 is 2.18 bits per heavy atom. The summed E-state index contributed by atoms with van der Waals surface area (Å²) < 4.78 is 26.3. The Hall–Kier alpha value is -2.56. The third kappa shape index (κ3) is 5.24. The van der Waals surface area contributed by atoms with Crippen molar-refractivity contribution in [3.05, 3.63) is 11.8 Å². The van der Waals surface area contributed by atoms with E-state index >= 15 is 0 Å². The molecule has 0 amide bonds. The molecular formula is C17H22N2O8S. The zero-order valence-corrected chi connectivity index (χ0v) is 17.0. The van der Waals surface area contributed by atoms with E-state index in [1.54, 1.807) is 0 Å². The minimum atomic E-state index is -0.849. The summed E-state index contributed by atoms with van der Waals surface area (Å²) in [6.07, 6.45) is -0.182. The van der Waals surface area contributed by atoms with Crippen LogP contribution in [-0.4, -0.2) is 66.2 Å². The van der Waals surface area contributed by atoms with Gasteiger partial charge >= 0.3 is 23.9 Å². The second-order valence-corrected chi connectivity index (χ2v) is 7.25. The summed E-state index contributed by atoms with van der Waals surface area (Å²) in [6, 6.07) is 0.112. The smallest absolute Gasteiger partial charge is 0.319 e. The maximum absolute atomic E-state index is 11.7. The molecule has 1 fully saturated rings. The van der Waals surface area contributed by atoms with Crippen molar-refractivity contribution in [1.82, 2.24) is 9.97 Å². The predicted molar refractivity (Wildman–Crippen MR) is 97.0 cm³/mol. The number of hydrogen-bond donors (Lipinski definition) is 0. The molecule has 0 saturated carbocycles. The SMILES string of the molecule is COc1ncc([C@@H]2S[C@H](COC(C)=O)[C@@H](OC(C)=O)[C@H]2OC(C)=O)c(OC)n1. The van der Waals surface area contributed by atoms with Crippen LogP contribution in [0.25, 0.3) is 0 Å². The van der Waals surface area contributed by atoms with Crippen molar-refractivity contribution >= 4 is 29.7 Å². The first-order valence-electron chi connectivity index (χ1n) is 8.35. The largest absolute Gasteiger partial charge is 0.481 e. The fourth-order valence-corrected chi connectivity index (χ4v) is 4.35. The quantitative estimate of drug-likeness (QED) is 0.470. The Morgan fingerprint density at radius 1 is 1.00 bits per heavy atom. The normalized spacial score (nSPS) is 23.6. The summed E-state index contributed by atoms with van der Waals surface area (Å²) in [4.78, 5) is 42.8. The van der Waals surface area contributed by atoms with Gasteiger partial charge in [0.15, 0.2) is 12.2 Å². The fourth-order valence-electron chi connectivity index (χ4n) is 2.78. The lowest BCUT2D eigenvalue weighted by molar-refractivity contribution is -0.165. The van der Waals surface area contributed by atoms with E-state index in [2.05, 4.69) is 9.97 Å². The first kappa shape index (κ1) is 21.7. The molecule has 0 radical (unpaired) electrons. The van der Waals surface area contributed by atoms with E-state index < -0.39 is 40.6 Å². The van der Waals surface area contributed by atoms with Gasteiger partial charge in [0, 0.05) is 32.5 Å². The average molecular weight is 414 g/mol. The van der Waals surface area contributed by atoms with Crippen molar-refractivity contribution in [2.75, 3.05) is 20.8 Å². The Balaban J connectivity index is 2.43. The van der Waals surface area contributed by atoms with Gasteiger partial charge in [0.05, 0.1) is 24.7 Å². The number of carbonyl (C=O) groups excluding carboxylic acids is 3. The van der Waals surface area contributed by atoms with E-state index in [0.717, 1.165) is 0 Å². The van der Waals surface area contributed by atoms with Crippen LogP contribution in [0.3, 0.4) is 0 Å². The number of methoxy groups -OCH3 is 2. The van der Waals surface area contributed by atoms with Gasteiger partial charge < -0.3 is 23.7 Å². The third-order valence-electron chi connectivity index (χ3n) is 3.81. The molecule has 10 nitrogen and oxygen atoms in total. The Labute approximate surface area is 166 Å². The van der Waals surface area contributed by atoms with Crippen LogP contribution in [0.5, 0.6) is 11.9 Å². The van der Waals surface area contributed by atoms with Crippen LogP contribution in [0.1, 0.15) is 31.6 Å². The molecule has 1 aromatic heterocycles. The maximum atomic E-state index is 11.7. The molecule has 1 aliphatic heterocycles. The monoisotopic (exact) mass is 414 g/mol. The first-order chi connectivity index (χ1) is 13.3. The van der Waals surface area contributed by atoms with Gasteiger partial charge in [-0.15, -0.1) is 11.8 Å². The lowest BCUT2D eigenvalue weighted by Gasteiger charge is -2.25. The van der Waals surface area contributed by atoms with Gasteiger partial charge in [-0.25, -0.2) is 4.98 Å². The number of rotatable bonds is 7. The minimum Gasteiger partial charge on any atom is -0.481 e. The molecule has 2 heterocycles. The Morgan fingerprint density at radius 2 is 1.64 bits per heavy atom. The van der Waals surface area contributed by atoms with Crippen LogP contribution >= 0.6 is 11.8 Å². The van der Waals surface area contributed by atoms with E-state index in [0.29, 0.717) is 5.56 Å². The zero-order valence-electron chi connectivity index (χ0n) is 16.2. The molecule has 0 spiro atoms. The van der Waals surface area contributed by atoms with Crippen LogP contribution < -0.4 is 9.47 Å². The van der Waals surface area contributed by atoms with Gasteiger partial charge in [0.2, 0.25) is 5.88 Å². The zero-order chi connectivity index (χ0) is 20.8. The highest BCUT2D eigenvalue weighted by Gasteiger charge is 2.50. The predicted octanol–water partition coefficient (Wildman–Crippen LogP) is 1.08. The summed E-state index contributed by atoms with van der Waals surface area (Å²) in [5.41, 5.74) is 0.530. The van der Waals surface area contributed by atoms with Gasteiger partial charge in [-0.3, -0.25) is 14.4 Å². The summed E-state index contributed by atoms with van der Waals surface area (Å²) in [6.45, 7) is 3.77. The second-order valence-electron chi connectivity index (χ2n) is 5.87. The highest BCUT2D eigenvalue weighted by atomic mass is 32.2. The van der Waals surface area contributed by atoms with Gasteiger partial charge in [-0.05, 0) is 0 Å². The molecule has 154 valence electrons. The maximum Gasteiger partial charge on any atom is 0.319 e. The van der Waals surface area contributed by atoms with E-state index in [9.17, 15) is 14.4 Å². The molecule has 28 heavy (non-hydrogen) atoms. The Bertz CT molecular complexity index is 744. The molecule has 2 rings (SSSR count). The number of nitrogens with zero attached hydrogens (tertiary/aromatic N) is 2. The number of thioether (sulfide) groups is 1. The molecule has 1 aliphatic rings. The van der Waals surface area contributed by atoms with Crippen LogP contribution in [0, 0.1) is 0 Å². The minimum absolute atomic E-state index is 0.0223. The summed E-state index contributed by atoms with van der Waals surface area (Å²) >= 11 is 1.32. The van der Waals surface area contributed by atoms with Crippen molar-refractivity contribution in [2.45, 2.75) is 43.5 Å². The third-order valence-corrected chi connectivity index (χ3v) is 5.37. The number of carbonyl (C=O) groups is 3. The van der Waals surface area contributed by atoms with E-state index in [4.69, 9.17) is 23.7 Å². The number of aromatic nitrogens is 2. The summed E-state index contributed by atoms with van der Waals surface area (Å²) in [5, 5.41) is -0.983. The van der Waals surface area contributed by atoms with Gasteiger partial charge in [-0.1, -0.05) is 0 Å². The number of esters is 3. The molecule has 0 aromatic carbocycles. The molecule has 0 bridgehead atoms. The molecule has 1 aromatic rings. The van der Waals surface area contributed by atoms with Crippen molar-refractivity contribution in [2.24, 2.45) is 0 Å². The second kappa shape index (κ2) is 9.58. The lowest BCUT2D eigenvalue weighted by atomic mass is 10.0. The van der Waals surface area contributed by atoms with E-state index in [-0.39, 0.29) is 18.5 Å². The molecule has 11 heteroatoms. The van der Waals surface area contributed by atoms with Crippen LogP contribution in [0.4, 0.5) is 0 Å². The van der Waals surface area contributed by atoms with Crippen molar-refractivity contribution in [1.29, 1.82) is 0 Å². The van der Waals surface area contributed by atoms with Crippen LogP contribution in [0.2, 0.25) is 0 Å². The molecule has 1 saturated heterocycles. The highest BCUT2D eigenvalue weighted by molar-refractivity contribution is 8.00. The Kier molecular flexibility index (Phi) is 7.44. The lowest BCUT2D eigenvalue weighted by Crippen LogP contribution is -2.39. The average Bonchev–Trinajstić information content (AvgIpc) is 2.95.